The fourth-order valence-corrected chi connectivity index (χ4v) is 1.33. The Labute approximate surface area is 67.2 Å². The predicted octanol–water partition coefficient (Wildman–Crippen LogP) is -1.53. The molecule has 0 amide bonds. The number of nitrogens with one attached hydrogen (secondary N) is 2. The lowest BCUT2D eigenvalue weighted by Gasteiger charge is -1.92. The molecule has 12 heavy (non-hydrogen) atoms. The van der Waals surface area contributed by atoms with E-state index in [1.54, 1.807) is 4.98 Å². The van der Waals surface area contributed by atoms with Crippen LogP contribution in [0.5, 0.6) is 0 Å². The molecule has 0 aliphatic heterocycles. The molecule has 1 rings (SSSR count). The second kappa shape index (κ2) is 2.59. The number of aromatic amines is 2. The predicted molar refractivity (Wildman–Crippen MR) is 40.8 cm³/mol. The van der Waals surface area contributed by atoms with Gasteiger partial charge in [0, 0.05) is 12.5 Å². The number of aromatic nitrogens is 2. The van der Waals surface area contributed by atoms with Crippen LogP contribution in [0.15, 0.2) is 20.7 Å². The summed E-state index contributed by atoms with van der Waals surface area (Å²) in [5.74, 6) is 0. The second-order valence-electron chi connectivity index (χ2n) is 2.21. The highest BCUT2D eigenvalue weighted by atomic mass is 32.2. The first-order valence-electron chi connectivity index (χ1n) is 2.93. The number of H-pyrrole nitrogens is 2. The molecule has 1 heterocycles. The first-order chi connectivity index (χ1) is 5.41. The zero-order valence-electron chi connectivity index (χ0n) is 6.12. The summed E-state index contributed by atoms with van der Waals surface area (Å²) in [6, 6.07) is 0. The molecule has 0 unspecified atom stereocenters. The third kappa shape index (κ3) is 1.62. The van der Waals surface area contributed by atoms with Gasteiger partial charge < -0.3 is 4.98 Å². The Balaban J connectivity index is 3.61. The maximum Gasteiger partial charge on any atom is 0.325 e. The normalized spacial score (nSPS) is 11.4. The van der Waals surface area contributed by atoms with Crippen LogP contribution in [-0.4, -0.2) is 24.6 Å². The molecule has 1 aromatic heterocycles. The van der Waals surface area contributed by atoms with E-state index in [0.29, 0.717) is 0 Å². The van der Waals surface area contributed by atoms with Crippen molar-refractivity contribution in [2.45, 2.75) is 4.90 Å². The van der Waals surface area contributed by atoms with E-state index in [9.17, 15) is 18.0 Å². The number of hydrogen-bond acceptors (Lipinski definition) is 4. The molecule has 6 nitrogen and oxygen atoms in total. The van der Waals surface area contributed by atoms with Crippen molar-refractivity contribution in [2.24, 2.45) is 0 Å². The summed E-state index contributed by atoms with van der Waals surface area (Å²) in [7, 11) is -3.56. The van der Waals surface area contributed by atoms with Gasteiger partial charge in [0.1, 0.15) is 4.90 Å². The van der Waals surface area contributed by atoms with Crippen LogP contribution in [0.25, 0.3) is 0 Å². The Morgan fingerprint density at radius 1 is 1.33 bits per heavy atom. The third-order valence-corrected chi connectivity index (χ3v) is 2.29. The van der Waals surface area contributed by atoms with Crippen molar-refractivity contribution in [2.75, 3.05) is 6.26 Å². The fourth-order valence-electron chi connectivity index (χ4n) is 0.673. The van der Waals surface area contributed by atoms with Gasteiger partial charge in [0.15, 0.2) is 9.84 Å². The van der Waals surface area contributed by atoms with E-state index in [0.717, 1.165) is 12.5 Å². The molecule has 66 valence electrons. The topological polar surface area (TPSA) is 99.9 Å². The summed E-state index contributed by atoms with van der Waals surface area (Å²) < 4.78 is 21.6. The van der Waals surface area contributed by atoms with Gasteiger partial charge in [-0.05, 0) is 0 Å². The molecule has 0 saturated carbocycles. The molecule has 0 bridgehead atoms. The lowest BCUT2D eigenvalue weighted by atomic mass is 10.7. The van der Waals surface area contributed by atoms with Crippen molar-refractivity contribution >= 4 is 9.84 Å². The lowest BCUT2D eigenvalue weighted by Crippen LogP contribution is -2.26. The number of sulfone groups is 1. The van der Waals surface area contributed by atoms with Gasteiger partial charge in [-0.2, -0.15) is 0 Å². The molecule has 7 heteroatoms. The van der Waals surface area contributed by atoms with Crippen molar-refractivity contribution in [3.63, 3.8) is 0 Å². The Morgan fingerprint density at radius 3 is 2.33 bits per heavy atom. The molecule has 0 aliphatic rings. The Morgan fingerprint density at radius 2 is 1.92 bits per heavy atom. The summed E-state index contributed by atoms with van der Waals surface area (Å²) in [4.78, 5) is 24.7. The van der Waals surface area contributed by atoms with E-state index < -0.39 is 26.0 Å². The molecule has 0 atom stereocenters. The van der Waals surface area contributed by atoms with Gasteiger partial charge in [0.25, 0.3) is 5.56 Å². The van der Waals surface area contributed by atoms with Crippen molar-refractivity contribution in [3.05, 3.63) is 27.0 Å². The van der Waals surface area contributed by atoms with Crippen LogP contribution in [0.1, 0.15) is 0 Å². The molecular weight excluding hydrogens is 184 g/mol. The minimum Gasteiger partial charge on any atom is -0.313 e. The Kier molecular flexibility index (Phi) is 1.89. The van der Waals surface area contributed by atoms with Crippen LogP contribution in [0.2, 0.25) is 0 Å². The van der Waals surface area contributed by atoms with Gasteiger partial charge in [-0.15, -0.1) is 0 Å². The first-order valence-corrected chi connectivity index (χ1v) is 4.82. The standard InChI is InChI=1S/C5H6N2O4S/c1-12(10,11)3-2-6-5(9)7-4(3)8/h2H,1H3,(H2,6,7,8,9). The summed E-state index contributed by atoms with van der Waals surface area (Å²) in [5.41, 5.74) is -1.63. The van der Waals surface area contributed by atoms with Gasteiger partial charge in [-0.25, -0.2) is 13.2 Å². The van der Waals surface area contributed by atoms with Crippen molar-refractivity contribution in [3.8, 4) is 0 Å². The summed E-state index contributed by atoms with van der Waals surface area (Å²) in [6.45, 7) is 0. The minimum atomic E-state index is -3.56. The number of hydrogen-bond donors (Lipinski definition) is 2. The quantitative estimate of drug-likeness (QED) is 0.560. The fraction of sp³-hybridized carbons (Fsp3) is 0.200. The van der Waals surface area contributed by atoms with Crippen LogP contribution >= 0.6 is 0 Å². The van der Waals surface area contributed by atoms with Crippen LogP contribution < -0.4 is 11.2 Å². The van der Waals surface area contributed by atoms with Gasteiger partial charge in [-0.1, -0.05) is 0 Å². The van der Waals surface area contributed by atoms with Crippen LogP contribution in [0, 0.1) is 0 Å². The van der Waals surface area contributed by atoms with Crippen LogP contribution in [0.4, 0.5) is 0 Å². The van der Waals surface area contributed by atoms with Crippen molar-refractivity contribution in [1.82, 2.24) is 9.97 Å². The highest BCUT2D eigenvalue weighted by molar-refractivity contribution is 7.90. The van der Waals surface area contributed by atoms with E-state index >= 15 is 0 Å². The minimum absolute atomic E-state index is 0.442. The van der Waals surface area contributed by atoms with E-state index in [4.69, 9.17) is 0 Å². The van der Waals surface area contributed by atoms with Gasteiger partial charge in [0.2, 0.25) is 0 Å². The molecule has 0 fully saturated rings. The Bertz CT molecular complexity index is 495. The summed E-state index contributed by atoms with van der Waals surface area (Å²) in [6.07, 6.45) is 1.76. The summed E-state index contributed by atoms with van der Waals surface area (Å²) >= 11 is 0. The van der Waals surface area contributed by atoms with E-state index in [-0.39, 0.29) is 0 Å². The van der Waals surface area contributed by atoms with Crippen LogP contribution in [0.3, 0.4) is 0 Å². The van der Waals surface area contributed by atoms with E-state index in [1.165, 1.54) is 0 Å². The van der Waals surface area contributed by atoms with E-state index in [2.05, 4.69) is 4.98 Å². The van der Waals surface area contributed by atoms with Gasteiger partial charge >= 0.3 is 5.69 Å². The molecule has 0 radical (unpaired) electrons. The average Bonchev–Trinajstić information content (AvgIpc) is 1.83. The third-order valence-electron chi connectivity index (χ3n) is 1.18. The monoisotopic (exact) mass is 190 g/mol. The first kappa shape index (κ1) is 8.72. The molecule has 0 aromatic carbocycles. The van der Waals surface area contributed by atoms with Gasteiger partial charge in [0.05, 0.1) is 0 Å². The second-order valence-corrected chi connectivity index (χ2v) is 4.19. The molecule has 0 spiro atoms. The molecule has 0 saturated heterocycles. The maximum absolute atomic E-state index is 10.8. The zero-order chi connectivity index (χ0) is 9.35. The molecule has 0 aliphatic carbocycles. The van der Waals surface area contributed by atoms with Crippen molar-refractivity contribution < 1.29 is 8.42 Å². The SMILES string of the molecule is CS(=O)(=O)c1c[nH]c(=O)[nH]c1=O. The summed E-state index contributed by atoms with van der Waals surface area (Å²) in [5, 5.41) is 0. The number of rotatable bonds is 1. The maximum atomic E-state index is 10.8. The Hall–Kier alpha value is -1.37. The zero-order valence-corrected chi connectivity index (χ0v) is 6.94. The largest absolute Gasteiger partial charge is 0.325 e. The smallest absolute Gasteiger partial charge is 0.313 e. The van der Waals surface area contributed by atoms with Crippen LogP contribution in [-0.2, 0) is 9.84 Å². The van der Waals surface area contributed by atoms with Crippen molar-refractivity contribution in [1.29, 1.82) is 0 Å². The highest BCUT2D eigenvalue weighted by Crippen LogP contribution is 1.95. The van der Waals surface area contributed by atoms with E-state index in [1.807, 2.05) is 0 Å². The lowest BCUT2D eigenvalue weighted by molar-refractivity contribution is 0.599. The highest BCUT2D eigenvalue weighted by Gasteiger charge is 2.11. The molecule has 2 N–H and O–H groups in total. The molecule has 1 aromatic rings. The van der Waals surface area contributed by atoms with Gasteiger partial charge in [-0.3, -0.25) is 9.78 Å². The molecular formula is C5H6N2O4S. The average molecular weight is 190 g/mol.